The molecule has 0 radical (unpaired) electrons. The molecule has 0 saturated carbocycles. The molecule has 1 aliphatic rings. The molecular formula is C25H25FN4O5. The summed E-state index contributed by atoms with van der Waals surface area (Å²) in [6.07, 6.45) is 0. The Morgan fingerprint density at radius 2 is 1.83 bits per heavy atom. The molecule has 1 N–H and O–H groups in total. The lowest BCUT2D eigenvalue weighted by Crippen LogP contribution is -2.64. The lowest BCUT2D eigenvalue weighted by atomic mass is 9.93. The van der Waals surface area contributed by atoms with E-state index in [0.29, 0.717) is 17.0 Å². The van der Waals surface area contributed by atoms with Crippen molar-refractivity contribution in [1.82, 2.24) is 15.1 Å². The fourth-order valence-corrected chi connectivity index (χ4v) is 4.00. The summed E-state index contributed by atoms with van der Waals surface area (Å²) in [6, 6.07) is 13.9. The van der Waals surface area contributed by atoms with Gasteiger partial charge in [0.1, 0.15) is 22.8 Å². The normalized spacial score (nSPS) is 17.0. The van der Waals surface area contributed by atoms with Crippen LogP contribution in [0.1, 0.15) is 40.4 Å². The van der Waals surface area contributed by atoms with Crippen LogP contribution in [0.2, 0.25) is 0 Å². The predicted molar refractivity (Wildman–Crippen MR) is 125 cm³/mol. The van der Waals surface area contributed by atoms with Crippen molar-refractivity contribution in [2.45, 2.75) is 32.5 Å². The van der Waals surface area contributed by atoms with Gasteiger partial charge in [0.25, 0.3) is 5.91 Å². The zero-order chi connectivity index (χ0) is 25.2. The van der Waals surface area contributed by atoms with Crippen LogP contribution in [-0.4, -0.2) is 46.8 Å². The Hall–Kier alpha value is -4.21. The Labute approximate surface area is 201 Å². The van der Waals surface area contributed by atoms with E-state index in [9.17, 15) is 18.8 Å². The van der Waals surface area contributed by atoms with Crippen LogP contribution in [0.15, 0.2) is 54.6 Å². The second-order valence-electron chi connectivity index (χ2n) is 8.21. The third-order valence-corrected chi connectivity index (χ3v) is 5.82. The Bertz CT molecular complexity index is 1260. The smallest absolute Gasteiger partial charge is 0.358 e. The van der Waals surface area contributed by atoms with Gasteiger partial charge >= 0.3 is 5.97 Å². The predicted octanol–water partition coefficient (Wildman–Crippen LogP) is 2.94. The number of fused-ring (bicyclic) bond motifs is 1. The van der Waals surface area contributed by atoms with Gasteiger partial charge in [-0.1, -0.05) is 12.1 Å². The molecule has 10 heteroatoms. The van der Waals surface area contributed by atoms with Gasteiger partial charge in [-0.15, -0.1) is 0 Å². The van der Waals surface area contributed by atoms with Crippen molar-refractivity contribution in [1.29, 1.82) is 0 Å². The summed E-state index contributed by atoms with van der Waals surface area (Å²) >= 11 is 0. The number of hydrogen-bond acceptors (Lipinski definition) is 6. The SMILES string of the molecule is CCOC(=O)c1cc2n(n1)CC(C)(C(=O)NCc1ccc(F)cc1)N(c1ccc(OC)cc1)C2=O. The van der Waals surface area contributed by atoms with E-state index >= 15 is 0 Å². The van der Waals surface area contributed by atoms with Crippen molar-refractivity contribution in [3.8, 4) is 5.75 Å². The fourth-order valence-electron chi connectivity index (χ4n) is 4.00. The number of nitrogens with zero attached hydrogens (tertiary/aromatic N) is 3. The van der Waals surface area contributed by atoms with Crippen LogP contribution < -0.4 is 15.0 Å². The molecule has 0 fully saturated rings. The van der Waals surface area contributed by atoms with Gasteiger partial charge in [0.15, 0.2) is 5.69 Å². The highest BCUT2D eigenvalue weighted by Crippen LogP contribution is 2.34. The van der Waals surface area contributed by atoms with Crippen LogP contribution in [0.3, 0.4) is 0 Å². The van der Waals surface area contributed by atoms with Crippen molar-refractivity contribution in [3.05, 3.63) is 77.4 Å². The molecule has 0 aliphatic carbocycles. The van der Waals surface area contributed by atoms with E-state index in [2.05, 4.69) is 10.4 Å². The number of benzene rings is 2. The van der Waals surface area contributed by atoms with E-state index in [-0.39, 0.29) is 36.9 Å². The maximum absolute atomic E-state index is 13.7. The number of rotatable bonds is 7. The number of esters is 1. The van der Waals surface area contributed by atoms with Crippen molar-refractivity contribution in [2.24, 2.45) is 0 Å². The summed E-state index contributed by atoms with van der Waals surface area (Å²) in [5, 5.41) is 7.07. The monoisotopic (exact) mass is 480 g/mol. The molecule has 9 nitrogen and oxygen atoms in total. The van der Waals surface area contributed by atoms with Crippen LogP contribution in [0, 0.1) is 5.82 Å². The number of nitrogens with one attached hydrogen (secondary N) is 1. The van der Waals surface area contributed by atoms with Crippen molar-refractivity contribution < 1.29 is 28.2 Å². The molecule has 2 amide bonds. The molecule has 35 heavy (non-hydrogen) atoms. The maximum Gasteiger partial charge on any atom is 0.358 e. The minimum absolute atomic E-state index is 0.00520. The van der Waals surface area contributed by atoms with Gasteiger partial charge in [-0.2, -0.15) is 5.10 Å². The molecule has 1 aliphatic heterocycles. The second kappa shape index (κ2) is 9.57. The first-order chi connectivity index (χ1) is 16.8. The highest BCUT2D eigenvalue weighted by Gasteiger charge is 2.49. The average molecular weight is 480 g/mol. The lowest BCUT2D eigenvalue weighted by Gasteiger charge is -2.43. The zero-order valence-corrected chi connectivity index (χ0v) is 19.6. The summed E-state index contributed by atoms with van der Waals surface area (Å²) in [5.74, 6) is -1.37. The zero-order valence-electron chi connectivity index (χ0n) is 19.6. The standard InChI is InChI=1S/C25H25FN4O5/c1-4-35-23(32)20-13-21-22(31)30(18-9-11-19(34-3)12-10-18)25(2,15-29(21)28-20)24(33)27-14-16-5-7-17(26)8-6-16/h5-13H,4,14-15H2,1-3H3,(H,27,33). The van der Waals surface area contributed by atoms with Crippen LogP contribution in [0.5, 0.6) is 5.75 Å². The maximum atomic E-state index is 13.7. The number of hydrogen-bond donors (Lipinski definition) is 1. The fraction of sp³-hybridized carbons (Fsp3) is 0.280. The van der Waals surface area contributed by atoms with E-state index < -0.39 is 23.3 Å². The number of methoxy groups -OCH3 is 1. The largest absolute Gasteiger partial charge is 0.497 e. The summed E-state index contributed by atoms with van der Waals surface area (Å²) in [4.78, 5) is 40.8. The molecular weight excluding hydrogens is 455 g/mol. The van der Waals surface area contributed by atoms with Gasteiger partial charge in [0, 0.05) is 18.3 Å². The van der Waals surface area contributed by atoms with Gasteiger partial charge in [0.2, 0.25) is 5.91 Å². The Kier molecular flexibility index (Phi) is 6.54. The third-order valence-electron chi connectivity index (χ3n) is 5.82. The number of carbonyl (C=O) groups is 3. The van der Waals surface area contributed by atoms with Crippen molar-refractivity contribution in [3.63, 3.8) is 0 Å². The number of ether oxygens (including phenoxy) is 2. The number of amides is 2. The van der Waals surface area contributed by atoms with E-state index in [4.69, 9.17) is 9.47 Å². The molecule has 182 valence electrons. The highest BCUT2D eigenvalue weighted by atomic mass is 19.1. The Morgan fingerprint density at radius 3 is 2.46 bits per heavy atom. The summed E-state index contributed by atoms with van der Waals surface area (Å²) in [6.45, 7) is 3.60. The minimum Gasteiger partial charge on any atom is -0.497 e. The van der Waals surface area contributed by atoms with Gasteiger partial charge in [0.05, 0.1) is 20.3 Å². The Morgan fingerprint density at radius 1 is 1.14 bits per heavy atom. The topological polar surface area (TPSA) is 103 Å². The van der Waals surface area contributed by atoms with Gasteiger partial charge in [-0.25, -0.2) is 9.18 Å². The van der Waals surface area contributed by atoms with Crippen LogP contribution in [0.4, 0.5) is 10.1 Å². The van der Waals surface area contributed by atoms with Gasteiger partial charge in [-0.05, 0) is 55.8 Å². The number of anilines is 1. The third kappa shape index (κ3) is 4.59. The number of aromatic nitrogens is 2. The molecule has 4 rings (SSSR count). The minimum atomic E-state index is -1.39. The first-order valence-corrected chi connectivity index (χ1v) is 11.0. The molecule has 2 heterocycles. The second-order valence-corrected chi connectivity index (χ2v) is 8.21. The molecule has 2 aromatic carbocycles. The molecule has 1 unspecified atom stereocenters. The van der Waals surface area contributed by atoms with E-state index in [1.807, 2.05) is 0 Å². The lowest BCUT2D eigenvalue weighted by molar-refractivity contribution is -0.126. The number of carbonyl (C=O) groups excluding carboxylic acids is 3. The summed E-state index contributed by atoms with van der Waals surface area (Å²) in [5.41, 5.74) is -0.0730. The van der Waals surface area contributed by atoms with Crippen LogP contribution in [-0.2, 0) is 22.6 Å². The first-order valence-electron chi connectivity index (χ1n) is 11.0. The molecule has 0 saturated heterocycles. The van der Waals surface area contributed by atoms with Gasteiger partial charge in [-0.3, -0.25) is 19.2 Å². The van der Waals surface area contributed by atoms with E-state index in [1.165, 1.54) is 34.9 Å². The van der Waals surface area contributed by atoms with Crippen LogP contribution in [0.25, 0.3) is 0 Å². The summed E-state index contributed by atoms with van der Waals surface area (Å²) in [7, 11) is 1.53. The van der Waals surface area contributed by atoms with Crippen molar-refractivity contribution >= 4 is 23.5 Å². The summed E-state index contributed by atoms with van der Waals surface area (Å²) < 4.78 is 24.8. The Balaban J connectivity index is 1.71. The molecule has 3 aromatic rings. The highest BCUT2D eigenvalue weighted by molar-refractivity contribution is 6.12. The van der Waals surface area contributed by atoms with Crippen LogP contribution >= 0.6 is 0 Å². The van der Waals surface area contributed by atoms with E-state index in [1.54, 1.807) is 50.2 Å². The quantitative estimate of drug-likeness (QED) is 0.522. The first kappa shape index (κ1) is 23.9. The molecule has 0 spiro atoms. The van der Waals surface area contributed by atoms with Crippen molar-refractivity contribution in [2.75, 3.05) is 18.6 Å². The average Bonchev–Trinajstić information content (AvgIpc) is 3.28. The van der Waals surface area contributed by atoms with E-state index in [0.717, 1.165) is 0 Å². The van der Waals surface area contributed by atoms with Gasteiger partial charge < -0.3 is 14.8 Å². The molecule has 1 aromatic heterocycles. The molecule has 1 atom stereocenters. The molecule has 0 bridgehead atoms. The number of halogens is 1.